The summed E-state index contributed by atoms with van der Waals surface area (Å²) in [5, 5.41) is 15.7. The van der Waals surface area contributed by atoms with Crippen LogP contribution in [0.4, 0.5) is 5.69 Å². The van der Waals surface area contributed by atoms with Crippen molar-refractivity contribution in [1.29, 1.82) is 0 Å². The first-order valence-electron chi connectivity index (χ1n) is 9.24. The van der Waals surface area contributed by atoms with Crippen LogP contribution in [0.1, 0.15) is 35.5 Å². The molecule has 1 amide bonds. The summed E-state index contributed by atoms with van der Waals surface area (Å²) in [6.07, 6.45) is 3.06. The number of nitro benzene ring substituents is 1. The molecule has 144 valence electrons. The number of nitrogens with zero attached hydrogens (tertiary/aromatic N) is 4. The highest BCUT2D eigenvalue weighted by atomic mass is 16.6. The topological polar surface area (TPSA) is 94.4 Å². The van der Waals surface area contributed by atoms with Gasteiger partial charge in [-0.25, -0.2) is 4.68 Å². The Hall–Kier alpha value is -3.42. The maximum atomic E-state index is 13.2. The fraction of sp³-hybridized carbons (Fsp3) is 0.300. The maximum Gasteiger partial charge on any atom is 0.272 e. The summed E-state index contributed by atoms with van der Waals surface area (Å²) in [5.41, 5.74) is 1.29. The zero-order valence-corrected chi connectivity index (χ0v) is 15.5. The summed E-state index contributed by atoms with van der Waals surface area (Å²) in [4.78, 5) is 25.7. The SMILES string of the molecule is Cc1ccc(-c2cc(C(=O)N3CCCCC3)n(-c3cccc([N+](=O)[O-])c3)n2)o1. The van der Waals surface area contributed by atoms with Crippen LogP contribution in [0.3, 0.4) is 0 Å². The minimum atomic E-state index is -0.462. The van der Waals surface area contributed by atoms with Gasteiger partial charge in [-0.1, -0.05) is 6.07 Å². The Balaban J connectivity index is 1.81. The van der Waals surface area contributed by atoms with E-state index in [9.17, 15) is 14.9 Å². The Labute approximate surface area is 161 Å². The van der Waals surface area contributed by atoms with Crippen LogP contribution in [0.25, 0.3) is 17.1 Å². The standard InChI is InChI=1S/C20H20N4O4/c1-14-8-9-19(28-14)17-13-18(20(25)22-10-3-2-4-11-22)23(21-17)15-6-5-7-16(12-15)24(26)27/h5-9,12-13H,2-4,10-11H2,1H3. The van der Waals surface area contributed by atoms with Gasteiger partial charge in [0.1, 0.15) is 17.1 Å². The number of likely N-dealkylation sites (tertiary alicyclic amines) is 1. The van der Waals surface area contributed by atoms with Gasteiger partial charge >= 0.3 is 0 Å². The van der Waals surface area contributed by atoms with Crippen molar-refractivity contribution in [3.63, 3.8) is 0 Å². The lowest BCUT2D eigenvalue weighted by atomic mass is 10.1. The second-order valence-corrected chi connectivity index (χ2v) is 6.87. The molecule has 1 aliphatic heterocycles. The summed E-state index contributed by atoms with van der Waals surface area (Å²) >= 11 is 0. The van der Waals surface area contributed by atoms with Crippen molar-refractivity contribution >= 4 is 11.6 Å². The molecule has 3 aromatic rings. The van der Waals surface area contributed by atoms with Crippen molar-refractivity contribution in [3.8, 4) is 17.1 Å². The number of aryl methyl sites for hydroxylation is 1. The highest BCUT2D eigenvalue weighted by Gasteiger charge is 2.25. The number of nitro groups is 1. The molecule has 4 rings (SSSR count). The zero-order chi connectivity index (χ0) is 19.7. The second kappa shape index (κ2) is 7.30. The van der Waals surface area contributed by atoms with Crippen molar-refractivity contribution in [2.24, 2.45) is 0 Å². The molecule has 3 heterocycles. The number of aromatic nitrogens is 2. The third kappa shape index (κ3) is 3.40. The average molecular weight is 380 g/mol. The minimum absolute atomic E-state index is 0.0558. The Morgan fingerprint density at radius 1 is 1.14 bits per heavy atom. The molecule has 0 saturated carbocycles. The zero-order valence-electron chi connectivity index (χ0n) is 15.5. The largest absolute Gasteiger partial charge is 0.460 e. The van der Waals surface area contributed by atoms with Gasteiger partial charge in [0.15, 0.2) is 5.76 Å². The third-order valence-corrected chi connectivity index (χ3v) is 4.85. The molecule has 0 atom stereocenters. The first-order valence-corrected chi connectivity index (χ1v) is 9.24. The van der Waals surface area contributed by atoms with E-state index in [4.69, 9.17) is 4.42 Å². The minimum Gasteiger partial charge on any atom is -0.460 e. The van der Waals surface area contributed by atoms with Crippen LogP contribution < -0.4 is 0 Å². The number of carbonyl (C=O) groups excluding carboxylic acids is 1. The monoisotopic (exact) mass is 380 g/mol. The van der Waals surface area contributed by atoms with Gasteiger partial charge in [-0.2, -0.15) is 5.10 Å². The Morgan fingerprint density at radius 3 is 2.61 bits per heavy atom. The number of piperidine rings is 1. The molecule has 1 saturated heterocycles. The second-order valence-electron chi connectivity index (χ2n) is 6.87. The van der Waals surface area contributed by atoms with E-state index < -0.39 is 4.92 Å². The van der Waals surface area contributed by atoms with Gasteiger partial charge in [0.25, 0.3) is 11.6 Å². The Bertz CT molecular complexity index is 1030. The van der Waals surface area contributed by atoms with Gasteiger partial charge in [-0.3, -0.25) is 14.9 Å². The summed E-state index contributed by atoms with van der Waals surface area (Å²) in [7, 11) is 0. The lowest BCUT2D eigenvalue weighted by Gasteiger charge is -2.26. The van der Waals surface area contributed by atoms with E-state index in [1.807, 2.05) is 17.9 Å². The third-order valence-electron chi connectivity index (χ3n) is 4.85. The van der Waals surface area contributed by atoms with E-state index in [0.29, 0.717) is 35.9 Å². The molecule has 28 heavy (non-hydrogen) atoms. The molecular weight excluding hydrogens is 360 g/mol. The van der Waals surface area contributed by atoms with Crippen molar-refractivity contribution in [2.45, 2.75) is 26.2 Å². The highest BCUT2D eigenvalue weighted by molar-refractivity contribution is 5.94. The van der Waals surface area contributed by atoms with E-state index in [-0.39, 0.29) is 11.6 Å². The number of amides is 1. The molecule has 0 radical (unpaired) electrons. The predicted molar refractivity (Wildman–Crippen MR) is 102 cm³/mol. The molecule has 8 nitrogen and oxygen atoms in total. The molecule has 8 heteroatoms. The van der Waals surface area contributed by atoms with Crippen LogP contribution in [0.2, 0.25) is 0 Å². The average Bonchev–Trinajstić information content (AvgIpc) is 3.34. The number of rotatable bonds is 4. The fourth-order valence-corrected chi connectivity index (χ4v) is 3.42. The van der Waals surface area contributed by atoms with Crippen molar-refractivity contribution in [3.05, 3.63) is 64.0 Å². The van der Waals surface area contributed by atoms with Gasteiger partial charge in [0.2, 0.25) is 0 Å². The molecule has 0 bridgehead atoms. The van der Waals surface area contributed by atoms with Crippen molar-refractivity contribution < 1.29 is 14.1 Å². The number of furan rings is 1. The van der Waals surface area contributed by atoms with Crippen LogP contribution in [-0.4, -0.2) is 38.6 Å². The van der Waals surface area contributed by atoms with Gasteiger partial charge in [-0.05, 0) is 44.4 Å². The first-order chi connectivity index (χ1) is 13.5. The quantitative estimate of drug-likeness (QED) is 0.504. The summed E-state index contributed by atoms with van der Waals surface area (Å²) < 4.78 is 7.12. The van der Waals surface area contributed by atoms with E-state index in [1.165, 1.54) is 16.8 Å². The lowest BCUT2D eigenvalue weighted by molar-refractivity contribution is -0.384. The molecule has 1 aromatic carbocycles. The van der Waals surface area contributed by atoms with Gasteiger partial charge in [0, 0.05) is 31.3 Å². The number of carbonyl (C=O) groups is 1. The molecule has 0 spiro atoms. The summed E-state index contributed by atoms with van der Waals surface area (Å²) in [6.45, 7) is 3.24. The summed E-state index contributed by atoms with van der Waals surface area (Å²) in [6, 6.07) is 11.4. The van der Waals surface area contributed by atoms with Crippen LogP contribution in [0.5, 0.6) is 0 Å². The molecule has 2 aromatic heterocycles. The predicted octanol–water partition coefficient (Wildman–Crippen LogP) is 3.98. The first kappa shape index (κ1) is 18.0. The smallest absolute Gasteiger partial charge is 0.272 e. The maximum absolute atomic E-state index is 13.2. The van der Waals surface area contributed by atoms with Gasteiger partial charge in [-0.15, -0.1) is 0 Å². The molecule has 0 aliphatic carbocycles. The Kier molecular flexibility index (Phi) is 4.68. The van der Waals surface area contributed by atoms with Crippen LogP contribution in [-0.2, 0) is 0 Å². The number of hydrogen-bond acceptors (Lipinski definition) is 5. The van der Waals surface area contributed by atoms with Crippen LogP contribution in [0.15, 0.2) is 46.9 Å². The van der Waals surface area contributed by atoms with Crippen LogP contribution in [0, 0.1) is 17.0 Å². The lowest BCUT2D eigenvalue weighted by Crippen LogP contribution is -2.36. The van der Waals surface area contributed by atoms with E-state index >= 15 is 0 Å². The van der Waals surface area contributed by atoms with Gasteiger partial charge in [0.05, 0.1) is 10.6 Å². The number of benzene rings is 1. The molecule has 1 fully saturated rings. The van der Waals surface area contributed by atoms with Gasteiger partial charge < -0.3 is 9.32 Å². The fourth-order valence-electron chi connectivity index (χ4n) is 3.42. The molecule has 1 aliphatic rings. The summed E-state index contributed by atoms with van der Waals surface area (Å²) in [5.74, 6) is 1.16. The van der Waals surface area contributed by atoms with Crippen molar-refractivity contribution in [2.75, 3.05) is 13.1 Å². The molecule has 0 unspecified atom stereocenters. The van der Waals surface area contributed by atoms with Crippen molar-refractivity contribution in [1.82, 2.24) is 14.7 Å². The molecule has 0 N–H and O–H groups in total. The van der Waals surface area contributed by atoms with E-state index in [0.717, 1.165) is 25.0 Å². The van der Waals surface area contributed by atoms with E-state index in [1.54, 1.807) is 24.3 Å². The Morgan fingerprint density at radius 2 is 1.93 bits per heavy atom. The normalized spacial score (nSPS) is 14.2. The van der Waals surface area contributed by atoms with Crippen LogP contribution >= 0.6 is 0 Å². The highest BCUT2D eigenvalue weighted by Crippen LogP contribution is 2.26. The number of non-ortho nitro benzene ring substituents is 1. The molecular formula is C20H20N4O4. The van der Waals surface area contributed by atoms with E-state index in [2.05, 4.69) is 5.10 Å². The number of hydrogen-bond donors (Lipinski definition) is 0.